The monoisotopic (exact) mass is 292 g/mol. The molecule has 20 heavy (non-hydrogen) atoms. The molecule has 0 atom stereocenters. The number of nitrogens with one attached hydrogen (secondary N) is 1. The highest BCUT2D eigenvalue weighted by Gasteiger charge is 2.12. The third kappa shape index (κ3) is 3.58. The van der Waals surface area contributed by atoms with E-state index in [-0.39, 0.29) is 10.6 Å². The van der Waals surface area contributed by atoms with Gasteiger partial charge >= 0.3 is 0 Å². The second kappa shape index (κ2) is 6.53. The summed E-state index contributed by atoms with van der Waals surface area (Å²) in [6.45, 7) is 2.77. The number of nitro groups is 1. The minimum absolute atomic E-state index is 0.0898. The van der Waals surface area contributed by atoms with Crippen LogP contribution in [0.15, 0.2) is 18.2 Å². The zero-order chi connectivity index (χ0) is 14.5. The first-order chi connectivity index (χ1) is 9.60. The zero-order valence-corrected chi connectivity index (χ0v) is 12.2. The molecule has 1 N–H and O–H groups in total. The van der Waals surface area contributed by atoms with Gasteiger partial charge in [-0.05, 0) is 38.6 Å². The van der Waals surface area contributed by atoms with E-state index in [4.69, 9.17) is 0 Å². The third-order valence-electron chi connectivity index (χ3n) is 2.80. The fourth-order valence-electron chi connectivity index (χ4n) is 1.88. The van der Waals surface area contributed by atoms with E-state index >= 15 is 0 Å². The van der Waals surface area contributed by atoms with Crippen molar-refractivity contribution in [3.63, 3.8) is 0 Å². The van der Waals surface area contributed by atoms with Crippen LogP contribution >= 0.6 is 11.3 Å². The lowest BCUT2D eigenvalue weighted by Gasteiger charge is -1.99. The number of aromatic nitrogens is 2. The highest BCUT2D eigenvalue weighted by atomic mass is 32.1. The average Bonchev–Trinajstić information content (AvgIpc) is 2.87. The number of hydrogen-bond donors (Lipinski definition) is 1. The number of hydrogen-bond acceptors (Lipinski definition) is 6. The molecule has 0 amide bonds. The summed E-state index contributed by atoms with van der Waals surface area (Å²) in [4.78, 5) is 10.5. The van der Waals surface area contributed by atoms with Gasteiger partial charge in [0, 0.05) is 24.1 Å². The van der Waals surface area contributed by atoms with E-state index in [0.717, 1.165) is 40.5 Å². The summed E-state index contributed by atoms with van der Waals surface area (Å²) in [5.74, 6) is 0. The Kier molecular flexibility index (Phi) is 4.75. The molecule has 0 bridgehead atoms. The van der Waals surface area contributed by atoms with Crippen LogP contribution < -0.4 is 5.32 Å². The summed E-state index contributed by atoms with van der Waals surface area (Å²) in [7, 11) is 1.91. The minimum atomic E-state index is -0.384. The normalized spacial score (nSPS) is 10.7. The fourth-order valence-corrected chi connectivity index (χ4v) is 2.75. The molecular formula is C13H16N4O2S. The van der Waals surface area contributed by atoms with Gasteiger partial charge in [-0.2, -0.15) is 0 Å². The number of aryl methyl sites for hydroxylation is 2. The van der Waals surface area contributed by atoms with Crippen molar-refractivity contribution in [1.29, 1.82) is 0 Å². The molecule has 0 aliphatic heterocycles. The zero-order valence-electron chi connectivity index (χ0n) is 11.4. The Morgan fingerprint density at radius 1 is 1.35 bits per heavy atom. The van der Waals surface area contributed by atoms with Crippen LogP contribution in [-0.4, -0.2) is 28.7 Å². The van der Waals surface area contributed by atoms with Gasteiger partial charge in [-0.15, -0.1) is 10.2 Å². The van der Waals surface area contributed by atoms with Gasteiger partial charge in [0.1, 0.15) is 10.0 Å². The SMILES string of the molecule is CNCCCc1nnc(-c2cc(C)cc([N+](=O)[O-])c2)s1. The minimum Gasteiger partial charge on any atom is -0.320 e. The van der Waals surface area contributed by atoms with Crippen molar-refractivity contribution in [2.24, 2.45) is 0 Å². The fraction of sp³-hybridized carbons (Fsp3) is 0.385. The lowest BCUT2D eigenvalue weighted by Crippen LogP contribution is -2.08. The van der Waals surface area contributed by atoms with E-state index in [1.54, 1.807) is 12.1 Å². The molecule has 0 radical (unpaired) electrons. The van der Waals surface area contributed by atoms with E-state index in [1.807, 2.05) is 20.0 Å². The molecule has 0 saturated heterocycles. The second-order valence-electron chi connectivity index (χ2n) is 4.52. The van der Waals surface area contributed by atoms with Crippen LogP contribution in [0.25, 0.3) is 10.6 Å². The predicted octanol–water partition coefficient (Wildman–Crippen LogP) is 2.57. The van der Waals surface area contributed by atoms with E-state index in [2.05, 4.69) is 15.5 Å². The third-order valence-corrected chi connectivity index (χ3v) is 3.84. The molecule has 7 heteroatoms. The maximum Gasteiger partial charge on any atom is 0.270 e. The summed E-state index contributed by atoms with van der Waals surface area (Å²) in [6.07, 6.45) is 1.87. The molecule has 2 aromatic rings. The Bertz CT molecular complexity index is 612. The smallest absolute Gasteiger partial charge is 0.270 e. The Morgan fingerprint density at radius 3 is 2.85 bits per heavy atom. The molecule has 1 aromatic heterocycles. The Hall–Kier alpha value is -1.86. The van der Waals surface area contributed by atoms with Gasteiger partial charge in [-0.25, -0.2) is 0 Å². The molecule has 0 saturated carbocycles. The topological polar surface area (TPSA) is 81.0 Å². The number of rotatable bonds is 6. The maximum absolute atomic E-state index is 10.9. The number of non-ortho nitro benzene ring substituents is 1. The van der Waals surface area contributed by atoms with Gasteiger partial charge in [-0.3, -0.25) is 10.1 Å². The molecule has 0 aliphatic carbocycles. The largest absolute Gasteiger partial charge is 0.320 e. The van der Waals surface area contributed by atoms with Gasteiger partial charge in [0.05, 0.1) is 4.92 Å². The lowest BCUT2D eigenvalue weighted by atomic mass is 10.1. The number of nitrogens with zero attached hydrogens (tertiary/aromatic N) is 3. The number of nitro benzene ring substituents is 1. The van der Waals surface area contributed by atoms with Crippen LogP contribution in [0, 0.1) is 17.0 Å². The average molecular weight is 292 g/mol. The van der Waals surface area contributed by atoms with E-state index in [0.29, 0.717) is 0 Å². The van der Waals surface area contributed by atoms with E-state index in [9.17, 15) is 10.1 Å². The van der Waals surface area contributed by atoms with Crippen molar-refractivity contribution in [3.8, 4) is 10.6 Å². The van der Waals surface area contributed by atoms with Gasteiger partial charge in [0.2, 0.25) is 0 Å². The molecular weight excluding hydrogens is 276 g/mol. The second-order valence-corrected chi connectivity index (χ2v) is 5.58. The van der Waals surface area contributed by atoms with Crippen LogP contribution in [0.1, 0.15) is 17.0 Å². The summed E-state index contributed by atoms with van der Waals surface area (Å²) < 4.78 is 0. The van der Waals surface area contributed by atoms with E-state index < -0.39 is 0 Å². The van der Waals surface area contributed by atoms with Gasteiger partial charge in [0.15, 0.2) is 0 Å². The van der Waals surface area contributed by atoms with Crippen LogP contribution in [0.2, 0.25) is 0 Å². The van der Waals surface area contributed by atoms with E-state index in [1.165, 1.54) is 11.3 Å². The molecule has 1 aromatic carbocycles. The molecule has 106 valence electrons. The van der Waals surface area contributed by atoms with Crippen molar-refractivity contribution in [3.05, 3.63) is 38.9 Å². The molecule has 0 fully saturated rings. The first-order valence-corrected chi connectivity index (χ1v) is 7.15. The lowest BCUT2D eigenvalue weighted by molar-refractivity contribution is -0.384. The molecule has 1 heterocycles. The molecule has 2 rings (SSSR count). The van der Waals surface area contributed by atoms with Crippen LogP contribution in [0.5, 0.6) is 0 Å². The van der Waals surface area contributed by atoms with Crippen LogP contribution in [0.4, 0.5) is 5.69 Å². The van der Waals surface area contributed by atoms with Crippen molar-refractivity contribution in [1.82, 2.24) is 15.5 Å². The van der Waals surface area contributed by atoms with Crippen molar-refractivity contribution in [2.45, 2.75) is 19.8 Å². The highest BCUT2D eigenvalue weighted by Crippen LogP contribution is 2.28. The Balaban J connectivity index is 2.21. The summed E-state index contributed by atoms with van der Waals surface area (Å²) in [6, 6.07) is 4.99. The standard InChI is InChI=1S/C13H16N4O2S/c1-9-6-10(8-11(7-9)17(18)19)13-16-15-12(20-13)4-3-5-14-2/h6-8,14H,3-5H2,1-2H3. The Morgan fingerprint density at radius 2 is 2.15 bits per heavy atom. The Labute approximate surface area is 121 Å². The molecule has 0 spiro atoms. The number of benzene rings is 1. The first kappa shape index (κ1) is 14.5. The maximum atomic E-state index is 10.9. The van der Waals surface area contributed by atoms with Crippen molar-refractivity contribution >= 4 is 17.0 Å². The summed E-state index contributed by atoms with van der Waals surface area (Å²) in [5.41, 5.74) is 1.70. The molecule has 6 nitrogen and oxygen atoms in total. The quantitative estimate of drug-likeness (QED) is 0.503. The van der Waals surface area contributed by atoms with Gasteiger partial charge < -0.3 is 5.32 Å². The van der Waals surface area contributed by atoms with Gasteiger partial charge in [0.25, 0.3) is 5.69 Å². The summed E-state index contributed by atoms with van der Waals surface area (Å²) in [5, 5.41) is 23.9. The van der Waals surface area contributed by atoms with Crippen LogP contribution in [-0.2, 0) is 6.42 Å². The van der Waals surface area contributed by atoms with Gasteiger partial charge in [-0.1, -0.05) is 11.3 Å². The first-order valence-electron chi connectivity index (χ1n) is 6.33. The predicted molar refractivity (Wildman–Crippen MR) is 79.0 cm³/mol. The van der Waals surface area contributed by atoms with Crippen molar-refractivity contribution < 1.29 is 4.92 Å². The highest BCUT2D eigenvalue weighted by molar-refractivity contribution is 7.14. The van der Waals surface area contributed by atoms with Crippen LogP contribution in [0.3, 0.4) is 0 Å². The molecule has 0 unspecified atom stereocenters. The summed E-state index contributed by atoms with van der Waals surface area (Å²) >= 11 is 1.49. The molecule has 0 aliphatic rings. The van der Waals surface area contributed by atoms with Crippen molar-refractivity contribution in [2.75, 3.05) is 13.6 Å².